The zero-order valence-corrected chi connectivity index (χ0v) is 15.9. The van der Waals surface area contributed by atoms with E-state index in [0.29, 0.717) is 5.56 Å². The molecule has 0 aromatic heterocycles. The van der Waals surface area contributed by atoms with Crippen molar-refractivity contribution in [2.45, 2.75) is 38.6 Å². The Morgan fingerprint density at radius 2 is 1.68 bits per heavy atom. The lowest BCUT2D eigenvalue weighted by Crippen LogP contribution is -2.27. The molecule has 0 radical (unpaired) electrons. The lowest BCUT2D eigenvalue weighted by Gasteiger charge is -2.18. The third kappa shape index (κ3) is 4.27. The zero-order valence-electron chi connectivity index (χ0n) is 15.1. The molecular formula is C19H23NO4S. The maximum Gasteiger partial charge on any atom is 0.338 e. The lowest BCUT2D eigenvalue weighted by molar-refractivity contribution is 0.0599. The second-order valence-electron chi connectivity index (χ2n) is 6.17. The van der Waals surface area contributed by atoms with Crippen LogP contribution in [0.4, 0.5) is 0 Å². The summed E-state index contributed by atoms with van der Waals surface area (Å²) in [5.74, 6) is -0.558. The highest BCUT2D eigenvalue weighted by atomic mass is 32.2. The van der Waals surface area contributed by atoms with Gasteiger partial charge < -0.3 is 4.74 Å². The van der Waals surface area contributed by atoms with E-state index >= 15 is 0 Å². The Morgan fingerprint density at radius 1 is 1.04 bits per heavy atom. The van der Waals surface area contributed by atoms with Gasteiger partial charge >= 0.3 is 5.97 Å². The van der Waals surface area contributed by atoms with Gasteiger partial charge in [-0.15, -0.1) is 0 Å². The molecule has 1 atom stereocenters. The summed E-state index contributed by atoms with van der Waals surface area (Å²) in [5.41, 5.74) is 3.90. The van der Waals surface area contributed by atoms with Crippen molar-refractivity contribution in [3.8, 4) is 0 Å². The van der Waals surface area contributed by atoms with Crippen molar-refractivity contribution >= 4 is 16.0 Å². The first kappa shape index (κ1) is 19.1. The van der Waals surface area contributed by atoms with Crippen molar-refractivity contribution in [2.24, 2.45) is 0 Å². The van der Waals surface area contributed by atoms with E-state index in [1.54, 1.807) is 19.9 Å². The Labute approximate surface area is 149 Å². The first-order chi connectivity index (χ1) is 11.7. The number of carbonyl (C=O) groups is 1. The van der Waals surface area contributed by atoms with Gasteiger partial charge in [0.15, 0.2) is 0 Å². The van der Waals surface area contributed by atoms with Crippen LogP contribution in [-0.4, -0.2) is 21.5 Å². The van der Waals surface area contributed by atoms with Crippen LogP contribution in [0.5, 0.6) is 0 Å². The quantitative estimate of drug-likeness (QED) is 0.828. The molecule has 0 aliphatic heterocycles. The van der Waals surface area contributed by atoms with E-state index in [4.69, 9.17) is 4.74 Å². The average molecular weight is 361 g/mol. The van der Waals surface area contributed by atoms with E-state index < -0.39 is 22.0 Å². The number of esters is 1. The number of hydrogen-bond donors (Lipinski definition) is 1. The Hall–Kier alpha value is -2.18. The maximum atomic E-state index is 12.7. The normalized spacial score (nSPS) is 12.7. The van der Waals surface area contributed by atoms with Crippen molar-refractivity contribution in [1.29, 1.82) is 0 Å². The first-order valence-electron chi connectivity index (χ1n) is 7.94. The highest BCUT2D eigenvalue weighted by molar-refractivity contribution is 7.89. The van der Waals surface area contributed by atoms with Crippen molar-refractivity contribution in [2.75, 3.05) is 7.11 Å². The number of nitrogens with one attached hydrogen (secondary N) is 1. The summed E-state index contributed by atoms with van der Waals surface area (Å²) in [4.78, 5) is 11.8. The Balaban J connectivity index is 2.36. The molecule has 2 rings (SSSR count). The molecule has 2 aromatic rings. The molecule has 0 heterocycles. The van der Waals surface area contributed by atoms with Crippen LogP contribution in [0.15, 0.2) is 41.3 Å². The molecule has 5 nitrogen and oxygen atoms in total. The van der Waals surface area contributed by atoms with Crippen molar-refractivity contribution in [1.82, 2.24) is 4.72 Å². The second kappa shape index (κ2) is 7.37. The molecule has 0 fully saturated rings. The number of carbonyl (C=O) groups excluding carboxylic acids is 1. The standard InChI is InChI=1S/C19H23NO4S/c1-12-6-7-13(2)17(10-12)15(4)20-25(22,23)16-9-8-14(3)18(11-16)19(21)24-5/h6-11,15,20H,1-5H3. The number of ether oxygens (including phenoxy) is 1. The number of rotatable bonds is 5. The molecule has 0 aliphatic carbocycles. The monoisotopic (exact) mass is 361 g/mol. The van der Waals surface area contributed by atoms with Crippen LogP contribution in [0.1, 0.15) is 45.6 Å². The van der Waals surface area contributed by atoms with Crippen molar-refractivity contribution in [3.05, 3.63) is 64.2 Å². The fraction of sp³-hybridized carbons (Fsp3) is 0.316. The molecule has 0 bridgehead atoms. The number of hydrogen-bond acceptors (Lipinski definition) is 4. The molecule has 2 aromatic carbocycles. The maximum absolute atomic E-state index is 12.7. The summed E-state index contributed by atoms with van der Waals surface area (Å²) in [6.45, 7) is 7.44. The van der Waals surface area contributed by atoms with Gasteiger partial charge in [-0.3, -0.25) is 0 Å². The van der Waals surface area contributed by atoms with Crippen LogP contribution < -0.4 is 4.72 Å². The number of sulfonamides is 1. The van der Waals surface area contributed by atoms with Crippen LogP contribution in [0.25, 0.3) is 0 Å². The number of aryl methyl sites for hydroxylation is 3. The Morgan fingerprint density at radius 3 is 2.32 bits per heavy atom. The second-order valence-corrected chi connectivity index (χ2v) is 7.89. The molecule has 134 valence electrons. The largest absolute Gasteiger partial charge is 0.465 e. The van der Waals surface area contributed by atoms with Gasteiger partial charge in [-0.25, -0.2) is 17.9 Å². The van der Waals surface area contributed by atoms with Crippen LogP contribution in [0.2, 0.25) is 0 Å². The van der Waals surface area contributed by atoms with Gasteiger partial charge in [-0.2, -0.15) is 0 Å². The van der Waals surface area contributed by atoms with E-state index in [-0.39, 0.29) is 10.5 Å². The van der Waals surface area contributed by atoms with E-state index in [9.17, 15) is 13.2 Å². The molecule has 0 saturated heterocycles. The van der Waals surface area contributed by atoms with Crippen molar-refractivity contribution < 1.29 is 17.9 Å². The van der Waals surface area contributed by atoms with Crippen molar-refractivity contribution in [3.63, 3.8) is 0 Å². The fourth-order valence-electron chi connectivity index (χ4n) is 2.69. The third-order valence-corrected chi connectivity index (χ3v) is 5.70. The fourth-order valence-corrected chi connectivity index (χ4v) is 3.94. The highest BCUT2D eigenvalue weighted by Crippen LogP contribution is 2.23. The van der Waals surface area contributed by atoms with Gasteiger partial charge in [0, 0.05) is 6.04 Å². The van der Waals surface area contributed by atoms with E-state index in [1.165, 1.54) is 19.2 Å². The number of methoxy groups -OCH3 is 1. The molecule has 0 aliphatic rings. The first-order valence-corrected chi connectivity index (χ1v) is 9.42. The molecule has 1 unspecified atom stereocenters. The molecule has 6 heteroatoms. The minimum absolute atomic E-state index is 0.0376. The molecule has 0 spiro atoms. The van der Waals surface area contributed by atoms with Crippen LogP contribution in [0, 0.1) is 20.8 Å². The minimum atomic E-state index is -3.78. The van der Waals surface area contributed by atoms with Gasteiger partial charge in [0.2, 0.25) is 10.0 Å². The zero-order chi connectivity index (χ0) is 18.8. The van der Waals surface area contributed by atoms with Crippen LogP contribution >= 0.6 is 0 Å². The average Bonchev–Trinajstić information content (AvgIpc) is 2.56. The topological polar surface area (TPSA) is 72.5 Å². The Kier molecular flexibility index (Phi) is 5.65. The SMILES string of the molecule is COC(=O)c1cc(S(=O)(=O)NC(C)c2cc(C)ccc2C)ccc1C. The van der Waals surface area contributed by atoms with Crippen LogP contribution in [-0.2, 0) is 14.8 Å². The Bertz CT molecular complexity index is 904. The van der Waals surface area contributed by atoms with Crippen LogP contribution in [0.3, 0.4) is 0 Å². The summed E-state index contributed by atoms with van der Waals surface area (Å²) in [6, 6.07) is 9.97. The lowest BCUT2D eigenvalue weighted by atomic mass is 10.0. The summed E-state index contributed by atoms with van der Waals surface area (Å²) in [5, 5.41) is 0. The van der Waals surface area contributed by atoms with E-state index in [0.717, 1.165) is 16.7 Å². The molecule has 0 amide bonds. The summed E-state index contributed by atoms with van der Waals surface area (Å²) in [6.07, 6.45) is 0. The molecule has 25 heavy (non-hydrogen) atoms. The summed E-state index contributed by atoms with van der Waals surface area (Å²) < 4.78 is 32.8. The number of benzene rings is 2. The molecule has 0 saturated carbocycles. The van der Waals surface area contributed by atoms with Gasteiger partial charge in [-0.1, -0.05) is 29.8 Å². The van der Waals surface area contributed by atoms with E-state index in [2.05, 4.69) is 4.72 Å². The summed E-state index contributed by atoms with van der Waals surface area (Å²) in [7, 11) is -2.51. The molecular weight excluding hydrogens is 338 g/mol. The van der Waals surface area contributed by atoms with Gasteiger partial charge in [0.05, 0.1) is 17.6 Å². The minimum Gasteiger partial charge on any atom is -0.465 e. The smallest absolute Gasteiger partial charge is 0.338 e. The summed E-state index contributed by atoms with van der Waals surface area (Å²) >= 11 is 0. The third-order valence-electron chi connectivity index (χ3n) is 4.16. The van der Waals surface area contributed by atoms with E-state index in [1.807, 2.05) is 32.0 Å². The predicted molar refractivity (Wildman–Crippen MR) is 97.2 cm³/mol. The van der Waals surface area contributed by atoms with Gasteiger partial charge in [0.1, 0.15) is 0 Å². The molecule has 1 N–H and O–H groups in total. The predicted octanol–water partition coefficient (Wildman–Crippen LogP) is 3.44. The van der Waals surface area contributed by atoms with Gasteiger partial charge in [0.25, 0.3) is 0 Å². The van der Waals surface area contributed by atoms with Gasteiger partial charge in [-0.05, 0) is 56.5 Å². The highest BCUT2D eigenvalue weighted by Gasteiger charge is 2.22.